The van der Waals surface area contributed by atoms with Crippen LogP contribution in [-0.2, 0) is 0 Å². The Morgan fingerprint density at radius 3 is 1.05 bits per heavy atom. The molecule has 0 saturated carbocycles. The second-order valence-corrected chi connectivity index (χ2v) is 4.77. The molecule has 0 aromatic rings. The van der Waals surface area contributed by atoms with Crippen molar-refractivity contribution in [3.8, 4) is 0 Å². The normalized spacial score (nSPS) is 22.3. The second-order valence-electron chi connectivity index (χ2n) is 4.77. The van der Waals surface area contributed by atoms with Gasteiger partial charge in [0.05, 0.1) is 47.3 Å². The van der Waals surface area contributed by atoms with E-state index in [-0.39, 0.29) is 39.5 Å². The molecule has 0 aromatic heterocycles. The van der Waals surface area contributed by atoms with Gasteiger partial charge >= 0.3 is 0 Å². The lowest BCUT2D eigenvalue weighted by Gasteiger charge is -2.48. The molecule has 2 fully saturated rings. The Bertz CT molecular complexity index is 320. The first kappa shape index (κ1) is 13.0. The van der Waals surface area contributed by atoms with E-state index in [4.69, 9.17) is 0 Å². The Morgan fingerprint density at radius 2 is 0.842 bits per heavy atom. The zero-order chi connectivity index (χ0) is 13.9. The first-order valence-corrected chi connectivity index (χ1v) is 5.47. The molecule has 0 radical (unpaired) electrons. The summed E-state index contributed by atoms with van der Waals surface area (Å²) in [6.07, 6.45) is 0. The Hall–Kier alpha value is -2.40. The molecule has 19 heavy (non-hydrogen) atoms. The summed E-state index contributed by atoms with van der Waals surface area (Å²) in [5.41, 5.74) is -0.722. The topological polar surface area (TPSA) is 131 Å². The average Bonchev–Trinajstić information content (AvgIpc) is 2.45. The van der Waals surface area contributed by atoms with Crippen LogP contribution in [-0.4, -0.2) is 59.6 Å². The summed E-state index contributed by atoms with van der Waals surface area (Å²) in [7, 11) is 0. The summed E-state index contributed by atoms with van der Waals surface area (Å²) in [5, 5.41) is 15.6. The molecule has 2 aliphatic rings. The van der Waals surface area contributed by atoms with Gasteiger partial charge < -0.3 is 0 Å². The third-order valence-electron chi connectivity index (χ3n) is 3.19. The molecule has 0 aromatic carbocycles. The van der Waals surface area contributed by atoms with E-state index < -0.39 is 5.41 Å². The van der Waals surface area contributed by atoms with Crippen molar-refractivity contribution < 1.29 is 0 Å². The second kappa shape index (κ2) is 5.07. The summed E-state index contributed by atoms with van der Waals surface area (Å²) in [6, 6.07) is 0. The van der Waals surface area contributed by atoms with Gasteiger partial charge in [-0.05, 0) is 0 Å². The van der Waals surface area contributed by atoms with Gasteiger partial charge in [-0.1, -0.05) is 0 Å². The maximum absolute atomic E-state index is 10.7. The largest absolute Gasteiger partial charge is 0.239 e. The van der Waals surface area contributed by atoms with Crippen LogP contribution in [0.4, 0.5) is 0 Å². The van der Waals surface area contributed by atoms with Gasteiger partial charge in [0.25, 0.3) is 0 Å². The standard InChI is InChI=1S/C7H12N8O4/c16-8-12-1-7(2-13(5-12)9-17)3-14(10-18)6-15(4-7)11-19/h1-6H2. The average molecular weight is 272 g/mol. The maximum atomic E-state index is 10.7. The molecular formula is C7H12N8O4. The van der Waals surface area contributed by atoms with Gasteiger partial charge in [0.15, 0.2) is 0 Å². The number of nitrogens with zero attached hydrogens (tertiary/aromatic N) is 8. The van der Waals surface area contributed by atoms with E-state index in [0.717, 1.165) is 20.0 Å². The monoisotopic (exact) mass is 272 g/mol. The van der Waals surface area contributed by atoms with Crippen LogP contribution >= 0.6 is 0 Å². The van der Waals surface area contributed by atoms with Crippen molar-refractivity contribution in [2.75, 3.05) is 39.5 Å². The van der Waals surface area contributed by atoms with E-state index in [1.54, 1.807) is 0 Å². The van der Waals surface area contributed by atoms with Crippen LogP contribution in [0.3, 0.4) is 0 Å². The van der Waals surface area contributed by atoms with Gasteiger partial charge in [-0.15, -0.1) is 19.6 Å². The first-order chi connectivity index (χ1) is 9.14. The van der Waals surface area contributed by atoms with Crippen LogP contribution < -0.4 is 0 Å². The molecule has 0 bridgehead atoms. The first-order valence-electron chi connectivity index (χ1n) is 5.47. The van der Waals surface area contributed by atoms with E-state index in [0.29, 0.717) is 0 Å². The molecule has 0 atom stereocenters. The molecule has 12 nitrogen and oxygen atoms in total. The lowest BCUT2D eigenvalue weighted by molar-refractivity contribution is -0.0849. The third-order valence-corrected chi connectivity index (χ3v) is 3.19. The smallest absolute Gasteiger partial charge is 0.129 e. The Morgan fingerprint density at radius 1 is 0.579 bits per heavy atom. The fourth-order valence-corrected chi connectivity index (χ4v) is 2.64. The van der Waals surface area contributed by atoms with Gasteiger partial charge in [-0.3, -0.25) is 0 Å². The molecule has 0 aliphatic carbocycles. The SMILES string of the molecule is O=NN1CN(N=O)CC2(C1)CN(N=O)CN(N=O)C2. The molecule has 2 aliphatic heterocycles. The minimum Gasteiger partial charge on any atom is -0.239 e. The lowest BCUT2D eigenvalue weighted by atomic mass is 9.84. The highest BCUT2D eigenvalue weighted by Gasteiger charge is 2.46. The minimum absolute atomic E-state index is 0.0161. The van der Waals surface area contributed by atoms with Crippen LogP contribution in [0, 0.1) is 25.0 Å². The highest BCUT2D eigenvalue weighted by Crippen LogP contribution is 2.31. The lowest BCUT2D eigenvalue weighted by Crippen LogP contribution is -2.63. The fraction of sp³-hybridized carbons (Fsp3) is 1.00. The fourth-order valence-electron chi connectivity index (χ4n) is 2.64. The molecule has 0 N–H and O–H groups in total. The van der Waals surface area contributed by atoms with Crippen LogP contribution in [0.2, 0.25) is 0 Å². The number of hydrogen-bond acceptors (Lipinski definition) is 8. The highest BCUT2D eigenvalue weighted by molar-refractivity contribution is 4.94. The molecule has 0 unspecified atom stereocenters. The van der Waals surface area contributed by atoms with E-state index in [1.807, 2.05) is 0 Å². The van der Waals surface area contributed by atoms with Gasteiger partial charge in [-0.25, -0.2) is 20.0 Å². The zero-order valence-electron chi connectivity index (χ0n) is 9.95. The summed E-state index contributed by atoms with van der Waals surface area (Å²) in [5.74, 6) is 0. The quantitative estimate of drug-likeness (QED) is 0.645. The van der Waals surface area contributed by atoms with Gasteiger partial charge in [-0.2, -0.15) is 0 Å². The Labute approximate surface area is 107 Å². The van der Waals surface area contributed by atoms with E-state index in [1.165, 1.54) is 0 Å². The van der Waals surface area contributed by atoms with E-state index >= 15 is 0 Å². The molecule has 12 heteroatoms. The Balaban J connectivity index is 2.22. The van der Waals surface area contributed by atoms with Crippen LogP contribution in [0.5, 0.6) is 0 Å². The molecule has 104 valence electrons. The molecular weight excluding hydrogens is 260 g/mol. The highest BCUT2D eigenvalue weighted by atomic mass is 16.3. The maximum Gasteiger partial charge on any atom is 0.129 e. The number of nitroso groups, excluding NO2 is 4. The number of hydrogen-bond donors (Lipinski definition) is 0. The van der Waals surface area contributed by atoms with Crippen molar-refractivity contribution in [2.45, 2.75) is 0 Å². The molecule has 0 amide bonds. The summed E-state index contributed by atoms with van der Waals surface area (Å²) < 4.78 is 0. The minimum atomic E-state index is -0.722. The van der Waals surface area contributed by atoms with E-state index in [2.05, 4.69) is 21.1 Å². The van der Waals surface area contributed by atoms with Crippen LogP contribution in [0.25, 0.3) is 0 Å². The van der Waals surface area contributed by atoms with Crippen molar-refractivity contribution in [3.05, 3.63) is 19.6 Å². The molecule has 2 rings (SSSR count). The molecule has 2 heterocycles. The molecule has 1 spiro atoms. The van der Waals surface area contributed by atoms with Gasteiger partial charge in [0, 0.05) is 5.41 Å². The Kier molecular flexibility index (Phi) is 3.48. The predicted octanol–water partition coefficient (Wildman–Crippen LogP) is -0.151. The van der Waals surface area contributed by atoms with E-state index in [9.17, 15) is 19.6 Å². The van der Waals surface area contributed by atoms with Crippen LogP contribution in [0.15, 0.2) is 21.1 Å². The summed E-state index contributed by atoms with van der Waals surface area (Å²) in [6.45, 7) is 0.748. The van der Waals surface area contributed by atoms with Crippen molar-refractivity contribution >= 4 is 0 Å². The van der Waals surface area contributed by atoms with Crippen molar-refractivity contribution in [3.63, 3.8) is 0 Å². The third kappa shape index (κ3) is 2.56. The van der Waals surface area contributed by atoms with Crippen molar-refractivity contribution in [1.29, 1.82) is 0 Å². The zero-order valence-corrected chi connectivity index (χ0v) is 9.95. The van der Waals surface area contributed by atoms with Crippen molar-refractivity contribution in [1.82, 2.24) is 20.0 Å². The predicted molar refractivity (Wildman–Crippen MR) is 62.2 cm³/mol. The van der Waals surface area contributed by atoms with Gasteiger partial charge in [0.1, 0.15) is 13.3 Å². The van der Waals surface area contributed by atoms with Crippen molar-refractivity contribution in [2.24, 2.45) is 26.6 Å². The summed E-state index contributed by atoms with van der Waals surface area (Å²) >= 11 is 0. The number of rotatable bonds is 4. The summed E-state index contributed by atoms with van der Waals surface area (Å²) in [4.78, 5) is 42.6. The van der Waals surface area contributed by atoms with Crippen LogP contribution in [0.1, 0.15) is 0 Å². The molecule has 2 saturated heterocycles. The van der Waals surface area contributed by atoms with Gasteiger partial charge in [0.2, 0.25) is 0 Å².